The van der Waals surface area contributed by atoms with Crippen LogP contribution in [0.15, 0.2) is 48.5 Å². The first-order chi connectivity index (χ1) is 15.1. The third kappa shape index (κ3) is 4.42. The molecule has 2 atom stereocenters. The molecule has 6 nitrogen and oxygen atoms in total. The van der Waals surface area contributed by atoms with Gasteiger partial charge in [-0.1, -0.05) is 18.2 Å². The first kappa shape index (κ1) is 21.7. The van der Waals surface area contributed by atoms with Gasteiger partial charge in [-0.25, -0.2) is 4.68 Å². The van der Waals surface area contributed by atoms with Crippen LogP contribution in [-0.2, 0) is 0 Å². The Hall–Kier alpha value is -3.49. The molecular formula is C23H23F3N4O2. The van der Waals surface area contributed by atoms with Crippen LogP contribution in [0.2, 0.25) is 0 Å². The van der Waals surface area contributed by atoms with E-state index in [-0.39, 0.29) is 17.9 Å². The molecule has 0 aliphatic carbocycles. The number of nitrogens with one attached hydrogen (secondary N) is 2. The van der Waals surface area contributed by atoms with Gasteiger partial charge in [0.2, 0.25) is 0 Å². The molecule has 0 spiro atoms. The number of hydrogen-bond donors (Lipinski definition) is 2. The summed E-state index contributed by atoms with van der Waals surface area (Å²) >= 11 is 0. The number of nitrogens with zero attached hydrogens (tertiary/aromatic N) is 2. The number of rotatable bonds is 4. The molecule has 2 heterocycles. The van der Waals surface area contributed by atoms with E-state index < -0.39 is 24.2 Å². The third-order valence-electron chi connectivity index (χ3n) is 5.42. The average Bonchev–Trinajstić information content (AvgIpc) is 3.16. The molecule has 2 aromatic carbocycles. The van der Waals surface area contributed by atoms with Gasteiger partial charge >= 0.3 is 6.18 Å². The number of benzene rings is 2. The highest BCUT2D eigenvalue weighted by Gasteiger charge is 2.46. The van der Waals surface area contributed by atoms with Crippen molar-refractivity contribution in [1.29, 1.82) is 0 Å². The summed E-state index contributed by atoms with van der Waals surface area (Å²) in [4.78, 5) is 12.7. The van der Waals surface area contributed by atoms with Crippen LogP contribution in [0.4, 0.5) is 24.7 Å². The van der Waals surface area contributed by atoms with Crippen molar-refractivity contribution < 1.29 is 22.7 Å². The lowest BCUT2D eigenvalue weighted by Gasteiger charge is -2.33. The molecule has 2 N–H and O–H groups in total. The van der Waals surface area contributed by atoms with Gasteiger partial charge in [0.05, 0.1) is 13.2 Å². The van der Waals surface area contributed by atoms with E-state index >= 15 is 0 Å². The molecule has 0 saturated carbocycles. The zero-order valence-corrected chi connectivity index (χ0v) is 17.8. The summed E-state index contributed by atoms with van der Waals surface area (Å²) in [7, 11) is 1.52. The molecule has 1 aromatic heterocycles. The number of aryl methyl sites for hydroxylation is 2. The van der Waals surface area contributed by atoms with Crippen LogP contribution in [0.3, 0.4) is 0 Å². The fourth-order valence-corrected chi connectivity index (χ4v) is 3.98. The Bertz CT molecular complexity index is 1120. The summed E-state index contributed by atoms with van der Waals surface area (Å²) in [6.45, 7) is 3.80. The molecule has 9 heteroatoms. The number of halogens is 3. The smallest absolute Gasteiger partial charge is 0.410 e. The summed E-state index contributed by atoms with van der Waals surface area (Å²) < 4.78 is 47.6. The van der Waals surface area contributed by atoms with Crippen molar-refractivity contribution in [1.82, 2.24) is 9.78 Å². The van der Waals surface area contributed by atoms with E-state index in [1.54, 1.807) is 36.4 Å². The van der Waals surface area contributed by atoms with Crippen molar-refractivity contribution in [2.24, 2.45) is 0 Å². The number of aromatic nitrogens is 2. The van der Waals surface area contributed by atoms with E-state index in [1.165, 1.54) is 13.2 Å². The van der Waals surface area contributed by atoms with Crippen LogP contribution in [0.1, 0.15) is 45.7 Å². The van der Waals surface area contributed by atoms with Crippen molar-refractivity contribution in [2.75, 3.05) is 17.7 Å². The van der Waals surface area contributed by atoms with Crippen LogP contribution < -0.4 is 15.4 Å². The average molecular weight is 444 g/mol. The zero-order chi connectivity index (χ0) is 23.0. The van der Waals surface area contributed by atoms with Crippen molar-refractivity contribution in [3.05, 3.63) is 70.9 Å². The van der Waals surface area contributed by atoms with Crippen LogP contribution in [0.25, 0.3) is 0 Å². The molecule has 0 unspecified atom stereocenters. The Labute approximate surface area is 183 Å². The lowest BCUT2D eigenvalue weighted by molar-refractivity contribution is -0.173. The van der Waals surface area contributed by atoms with E-state index in [1.807, 2.05) is 19.9 Å². The summed E-state index contributed by atoms with van der Waals surface area (Å²) in [5.41, 5.74) is 3.09. The van der Waals surface area contributed by atoms with Gasteiger partial charge in [-0.15, -0.1) is 0 Å². The molecule has 1 aliphatic heterocycles. The number of ether oxygens (including phenoxy) is 1. The standard InChI is InChI=1S/C23H23F3N4O2/c1-13-8-14(2)10-16(9-13)27-22(31)19-12-21-28-18(15-4-6-17(32-3)7-5-15)11-20(23(24,25)26)30(21)29-19/h4-10,12,18,20,28H,11H2,1-3H3,(H,27,31)/t18-,20-/m0/s1. The molecule has 4 rings (SSSR count). The second kappa shape index (κ2) is 8.22. The second-order valence-corrected chi connectivity index (χ2v) is 7.95. The number of methoxy groups -OCH3 is 1. The Morgan fingerprint density at radius 1 is 1.12 bits per heavy atom. The van der Waals surface area contributed by atoms with Gasteiger partial charge in [-0.2, -0.15) is 18.3 Å². The quantitative estimate of drug-likeness (QED) is 0.564. The number of hydrogen-bond acceptors (Lipinski definition) is 4. The Morgan fingerprint density at radius 3 is 2.38 bits per heavy atom. The monoisotopic (exact) mass is 444 g/mol. The number of alkyl halides is 3. The first-order valence-corrected chi connectivity index (χ1v) is 10.1. The van der Waals surface area contributed by atoms with E-state index in [9.17, 15) is 18.0 Å². The summed E-state index contributed by atoms with van der Waals surface area (Å²) in [5.74, 6) is 0.193. The molecule has 0 saturated heterocycles. The Morgan fingerprint density at radius 2 is 1.78 bits per heavy atom. The number of carbonyl (C=O) groups is 1. The maximum atomic E-state index is 13.9. The van der Waals surface area contributed by atoms with Crippen LogP contribution in [-0.4, -0.2) is 29.0 Å². The summed E-state index contributed by atoms with van der Waals surface area (Å²) in [6, 6.07) is 11.3. The predicted molar refractivity (Wildman–Crippen MR) is 115 cm³/mol. The highest BCUT2D eigenvalue weighted by atomic mass is 19.4. The van der Waals surface area contributed by atoms with Gasteiger partial charge in [0, 0.05) is 18.2 Å². The topological polar surface area (TPSA) is 68.2 Å². The van der Waals surface area contributed by atoms with Gasteiger partial charge < -0.3 is 15.4 Å². The van der Waals surface area contributed by atoms with Gasteiger partial charge in [0.1, 0.15) is 11.6 Å². The molecule has 168 valence electrons. The number of amides is 1. The summed E-state index contributed by atoms with van der Waals surface area (Å²) in [6.07, 6.45) is -4.77. The van der Waals surface area contributed by atoms with Crippen molar-refractivity contribution in [3.8, 4) is 5.75 Å². The number of anilines is 2. The summed E-state index contributed by atoms with van der Waals surface area (Å²) in [5, 5.41) is 9.81. The number of carbonyl (C=O) groups excluding carboxylic acids is 1. The van der Waals surface area contributed by atoms with Crippen molar-refractivity contribution >= 4 is 17.4 Å². The third-order valence-corrected chi connectivity index (χ3v) is 5.42. The number of fused-ring (bicyclic) bond motifs is 1. The SMILES string of the molecule is COc1ccc([C@@H]2C[C@@H](C(F)(F)F)n3nc(C(=O)Nc4cc(C)cc(C)c4)cc3N2)cc1. The minimum absolute atomic E-state index is 0.0868. The normalized spacial score (nSPS) is 17.9. The van der Waals surface area contributed by atoms with E-state index in [0.717, 1.165) is 15.8 Å². The van der Waals surface area contributed by atoms with Gasteiger partial charge in [0.25, 0.3) is 5.91 Å². The van der Waals surface area contributed by atoms with Crippen molar-refractivity contribution in [3.63, 3.8) is 0 Å². The van der Waals surface area contributed by atoms with Gasteiger partial charge in [-0.05, 0) is 54.8 Å². The lowest BCUT2D eigenvalue weighted by Crippen LogP contribution is -2.35. The van der Waals surface area contributed by atoms with Crippen molar-refractivity contribution in [2.45, 2.75) is 38.5 Å². The second-order valence-electron chi connectivity index (χ2n) is 7.95. The fraction of sp³-hybridized carbons (Fsp3) is 0.304. The Kier molecular flexibility index (Phi) is 5.58. The molecule has 3 aromatic rings. The highest BCUT2D eigenvalue weighted by Crippen LogP contribution is 2.43. The molecule has 32 heavy (non-hydrogen) atoms. The van der Waals surface area contributed by atoms with Gasteiger partial charge in [0.15, 0.2) is 11.7 Å². The van der Waals surface area contributed by atoms with Crippen LogP contribution in [0, 0.1) is 13.8 Å². The molecule has 1 aliphatic rings. The molecule has 0 fully saturated rings. The maximum Gasteiger partial charge on any atom is 0.410 e. The fourth-order valence-electron chi connectivity index (χ4n) is 3.98. The van der Waals surface area contributed by atoms with E-state index in [2.05, 4.69) is 15.7 Å². The first-order valence-electron chi connectivity index (χ1n) is 10.1. The Balaban J connectivity index is 1.63. The minimum atomic E-state index is -4.52. The van der Waals surface area contributed by atoms with Crippen LogP contribution >= 0.6 is 0 Å². The predicted octanol–water partition coefficient (Wildman–Crippen LogP) is 5.42. The van der Waals surface area contributed by atoms with Gasteiger partial charge in [-0.3, -0.25) is 4.79 Å². The molecule has 1 amide bonds. The molecular weight excluding hydrogens is 421 g/mol. The minimum Gasteiger partial charge on any atom is -0.497 e. The van der Waals surface area contributed by atoms with E-state index in [4.69, 9.17) is 4.74 Å². The zero-order valence-electron chi connectivity index (χ0n) is 17.8. The van der Waals surface area contributed by atoms with Crippen LogP contribution in [0.5, 0.6) is 5.75 Å². The molecule has 0 bridgehead atoms. The largest absolute Gasteiger partial charge is 0.497 e. The lowest BCUT2D eigenvalue weighted by atomic mass is 9.97. The highest BCUT2D eigenvalue weighted by molar-refractivity contribution is 6.03. The molecule has 0 radical (unpaired) electrons. The van der Waals surface area contributed by atoms with E-state index in [0.29, 0.717) is 17.0 Å². The maximum absolute atomic E-state index is 13.9.